The van der Waals surface area contributed by atoms with Gasteiger partial charge in [0.2, 0.25) is 0 Å². The number of halogens is 1. The van der Waals surface area contributed by atoms with Crippen molar-refractivity contribution in [3.63, 3.8) is 0 Å². The van der Waals surface area contributed by atoms with E-state index >= 15 is 0 Å². The third-order valence-electron chi connectivity index (χ3n) is 6.74. The lowest BCUT2D eigenvalue weighted by molar-refractivity contribution is 0.201. The molecule has 0 spiro atoms. The van der Waals surface area contributed by atoms with Gasteiger partial charge in [-0.2, -0.15) is 9.78 Å². The molecule has 1 aromatic heterocycles. The highest BCUT2D eigenvalue weighted by Crippen LogP contribution is 2.36. The Kier molecular flexibility index (Phi) is 9.50. The van der Waals surface area contributed by atoms with Gasteiger partial charge >= 0.3 is 0 Å². The largest absolute Gasteiger partial charge is 0.496 e. The molecule has 0 unspecified atom stereocenters. The second-order valence-electron chi connectivity index (χ2n) is 9.98. The summed E-state index contributed by atoms with van der Waals surface area (Å²) in [5.74, 6) is 2.86. The smallest absolute Gasteiger partial charge is 0.282 e. The summed E-state index contributed by atoms with van der Waals surface area (Å²) in [5.41, 5.74) is 3.96. The van der Waals surface area contributed by atoms with Gasteiger partial charge in [0.1, 0.15) is 5.75 Å². The summed E-state index contributed by atoms with van der Waals surface area (Å²) in [6.07, 6.45) is 2.61. The number of fused-ring (bicyclic) bond motifs is 1. The van der Waals surface area contributed by atoms with Crippen LogP contribution in [0.2, 0.25) is 0 Å². The number of hydrogen-bond acceptors (Lipinski definition) is 6. The van der Waals surface area contributed by atoms with Crippen LogP contribution in [0.3, 0.4) is 0 Å². The maximum Gasteiger partial charge on any atom is 0.282 e. The molecule has 4 aromatic rings. The van der Waals surface area contributed by atoms with E-state index < -0.39 is 0 Å². The summed E-state index contributed by atoms with van der Waals surface area (Å²) < 4.78 is 20.0. The van der Waals surface area contributed by atoms with E-state index in [1.54, 1.807) is 19.4 Å². The Balaban J connectivity index is 1.91. The predicted octanol–water partition coefficient (Wildman–Crippen LogP) is 7.57. The van der Waals surface area contributed by atoms with Gasteiger partial charge in [0.05, 0.1) is 40.5 Å². The number of ether oxygens (including phenoxy) is 3. The van der Waals surface area contributed by atoms with Crippen LogP contribution in [0.15, 0.2) is 58.4 Å². The molecule has 0 amide bonds. The molecule has 1 atom stereocenters. The Labute approximate surface area is 249 Å². The standard InChI is InChI=1S/C32H36IN3O4/c1-8-21(6)40-30-26(33)15-22(16-29(30)39-9-2)18-34-36-31(35-27-13-11-10-12-23(27)32(36)37)25-17-24(19(3)4)28(38-7)14-20(25)5/h10-19,21H,8-9H2,1-7H3/t21-/m1/s1. The fraction of sp³-hybridized carbons (Fsp3) is 0.344. The van der Waals surface area contributed by atoms with Crippen LogP contribution in [0.1, 0.15) is 63.6 Å². The van der Waals surface area contributed by atoms with E-state index in [2.05, 4.69) is 49.4 Å². The number of benzene rings is 3. The number of aromatic nitrogens is 2. The number of methoxy groups -OCH3 is 1. The minimum atomic E-state index is -0.241. The lowest BCUT2D eigenvalue weighted by atomic mass is 9.96. The summed E-state index contributed by atoms with van der Waals surface area (Å²) in [6.45, 7) is 12.8. The minimum Gasteiger partial charge on any atom is -0.496 e. The first-order valence-corrected chi connectivity index (χ1v) is 14.6. The van der Waals surface area contributed by atoms with Crippen LogP contribution in [0.25, 0.3) is 22.3 Å². The Morgan fingerprint density at radius 2 is 1.82 bits per heavy atom. The fourth-order valence-corrected chi connectivity index (χ4v) is 5.17. The molecular formula is C32H36IN3O4. The molecule has 1 heterocycles. The molecule has 8 heteroatoms. The van der Waals surface area contributed by atoms with Crippen molar-refractivity contribution in [2.24, 2.45) is 5.10 Å². The van der Waals surface area contributed by atoms with Crippen LogP contribution in [-0.4, -0.2) is 35.7 Å². The van der Waals surface area contributed by atoms with Gasteiger partial charge in [-0.1, -0.05) is 32.9 Å². The van der Waals surface area contributed by atoms with Crippen molar-refractivity contribution in [3.8, 4) is 28.6 Å². The van der Waals surface area contributed by atoms with E-state index in [0.29, 0.717) is 34.8 Å². The molecule has 210 valence electrons. The highest BCUT2D eigenvalue weighted by atomic mass is 127. The molecule has 3 aromatic carbocycles. The van der Waals surface area contributed by atoms with Crippen LogP contribution >= 0.6 is 22.6 Å². The van der Waals surface area contributed by atoms with Crippen molar-refractivity contribution in [1.29, 1.82) is 0 Å². The molecular weight excluding hydrogens is 617 g/mol. The highest BCUT2D eigenvalue weighted by Gasteiger charge is 2.19. The second-order valence-corrected chi connectivity index (χ2v) is 11.1. The van der Waals surface area contributed by atoms with Crippen molar-refractivity contribution in [1.82, 2.24) is 9.66 Å². The van der Waals surface area contributed by atoms with Crippen molar-refractivity contribution >= 4 is 39.7 Å². The number of hydrogen-bond donors (Lipinski definition) is 0. The molecule has 7 nitrogen and oxygen atoms in total. The van der Waals surface area contributed by atoms with Gasteiger partial charge in [-0.3, -0.25) is 4.79 Å². The fourth-order valence-electron chi connectivity index (χ4n) is 4.42. The molecule has 0 saturated carbocycles. The van der Waals surface area contributed by atoms with E-state index in [-0.39, 0.29) is 17.6 Å². The Morgan fingerprint density at radius 3 is 2.50 bits per heavy atom. The van der Waals surface area contributed by atoms with Crippen molar-refractivity contribution in [2.45, 2.75) is 60.0 Å². The summed E-state index contributed by atoms with van der Waals surface area (Å²) in [5, 5.41) is 5.20. The lowest BCUT2D eigenvalue weighted by Gasteiger charge is -2.18. The molecule has 0 radical (unpaired) electrons. The molecule has 0 aliphatic heterocycles. The lowest BCUT2D eigenvalue weighted by Crippen LogP contribution is -2.21. The van der Waals surface area contributed by atoms with Gasteiger partial charge in [0.15, 0.2) is 17.3 Å². The van der Waals surface area contributed by atoms with Crippen LogP contribution in [0, 0.1) is 10.5 Å². The molecule has 0 bridgehead atoms. The molecule has 0 aliphatic carbocycles. The average Bonchev–Trinajstić information content (AvgIpc) is 2.94. The maximum absolute atomic E-state index is 13.8. The predicted molar refractivity (Wildman–Crippen MR) is 171 cm³/mol. The zero-order valence-electron chi connectivity index (χ0n) is 24.1. The highest BCUT2D eigenvalue weighted by molar-refractivity contribution is 14.1. The van der Waals surface area contributed by atoms with Gasteiger partial charge in [-0.15, -0.1) is 0 Å². The molecule has 4 rings (SSSR count). The van der Waals surface area contributed by atoms with Crippen molar-refractivity contribution < 1.29 is 14.2 Å². The topological polar surface area (TPSA) is 74.9 Å². The summed E-state index contributed by atoms with van der Waals surface area (Å²) in [7, 11) is 1.67. The minimum absolute atomic E-state index is 0.0560. The molecule has 40 heavy (non-hydrogen) atoms. The van der Waals surface area contributed by atoms with E-state index in [0.717, 1.165) is 38.0 Å². The number of para-hydroxylation sites is 1. The van der Waals surface area contributed by atoms with E-state index in [9.17, 15) is 4.79 Å². The van der Waals surface area contributed by atoms with Gasteiger partial charge in [0, 0.05) is 5.56 Å². The van der Waals surface area contributed by atoms with Crippen LogP contribution < -0.4 is 19.8 Å². The van der Waals surface area contributed by atoms with Crippen LogP contribution in [-0.2, 0) is 0 Å². The number of aryl methyl sites for hydroxylation is 1. The second kappa shape index (κ2) is 12.8. The van der Waals surface area contributed by atoms with E-state index in [4.69, 9.17) is 24.3 Å². The van der Waals surface area contributed by atoms with Crippen LogP contribution in [0.4, 0.5) is 0 Å². The number of rotatable bonds is 10. The van der Waals surface area contributed by atoms with E-state index in [1.807, 2.05) is 57.2 Å². The zero-order chi connectivity index (χ0) is 29.0. The Bertz CT molecular complexity index is 1610. The SMILES string of the molecule is CCOc1cc(C=Nn2c(-c3cc(C(C)C)c(OC)cc3C)nc3ccccc3c2=O)cc(I)c1O[C@H](C)CC. The zero-order valence-corrected chi connectivity index (χ0v) is 26.3. The first-order chi connectivity index (χ1) is 19.2. The third kappa shape index (κ3) is 6.16. The quantitative estimate of drug-likeness (QED) is 0.130. The maximum atomic E-state index is 13.8. The summed E-state index contributed by atoms with van der Waals surface area (Å²) in [6, 6.07) is 15.3. The molecule has 0 N–H and O–H groups in total. The Morgan fingerprint density at radius 1 is 1.07 bits per heavy atom. The average molecular weight is 654 g/mol. The van der Waals surface area contributed by atoms with Gasteiger partial charge in [0.25, 0.3) is 5.56 Å². The van der Waals surface area contributed by atoms with Crippen LogP contribution in [0.5, 0.6) is 17.2 Å². The summed E-state index contributed by atoms with van der Waals surface area (Å²) >= 11 is 2.25. The first kappa shape index (κ1) is 29.6. The van der Waals surface area contributed by atoms with E-state index in [1.165, 1.54) is 4.68 Å². The van der Waals surface area contributed by atoms with Crippen molar-refractivity contribution in [3.05, 3.63) is 79.1 Å². The Hall–Kier alpha value is -3.40. The van der Waals surface area contributed by atoms with Gasteiger partial charge in [-0.25, -0.2) is 4.98 Å². The molecule has 0 fully saturated rings. The third-order valence-corrected chi connectivity index (χ3v) is 7.54. The first-order valence-electron chi connectivity index (χ1n) is 13.6. The molecule has 0 saturated heterocycles. The van der Waals surface area contributed by atoms with Crippen molar-refractivity contribution in [2.75, 3.05) is 13.7 Å². The molecule has 0 aliphatic rings. The normalized spacial score (nSPS) is 12.3. The van der Waals surface area contributed by atoms with Gasteiger partial charge < -0.3 is 14.2 Å². The summed E-state index contributed by atoms with van der Waals surface area (Å²) in [4.78, 5) is 18.7. The monoisotopic (exact) mass is 653 g/mol. The van der Waals surface area contributed by atoms with Gasteiger partial charge in [-0.05, 0) is 109 Å². The number of nitrogens with zero attached hydrogens (tertiary/aromatic N) is 3.